The Morgan fingerprint density at radius 3 is 2.89 bits per heavy atom. The van der Waals surface area contributed by atoms with Crippen LogP contribution in [0.2, 0.25) is 0 Å². The minimum Gasteiger partial charge on any atom is -0.397 e. The van der Waals surface area contributed by atoms with Crippen molar-refractivity contribution in [2.45, 2.75) is 6.42 Å². The summed E-state index contributed by atoms with van der Waals surface area (Å²) in [5.41, 5.74) is 12.7. The molecule has 0 spiro atoms. The van der Waals surface area contributed by atoms with E-state index in [1.54, 1.807) is 30.6 Å². The highest BCUT2D eigenvalue weighted by molar-refractivity contribution is 5.94. The number of rotatable bonds is 5. The third-order valence-electron chi connectivity index (χ3n) is 2.57. The number of anilines is 2. The fraction of sp³-hybridized carbons (Fsp3) is 0.167. The zero-order valence-electron chi connectivity index (χ0n) is 9.81. The Balaban J connectivity index is 1.95. The summed E-state index contributed by atoms with van der Waals surface area (Å²) in [6.45, 7) is 0.702. The van der Waals surface area contributed by atoms with Crippen LogP contribution in [0.4, 0.5) is 11.4 Å². The van der Waals surface area contributed by atoms with Crippen LogP contribution >= 0.6 is 0 Å². The Morgan fingerprint density at radius 2 is 2.28 bits per heavy atom. The van der Waals surface area contributed by atoms with Crippen LogP contribution in [-0.2, 0) is 6.42 Å². The highest BCUT2D eigenvalue weighted by atomic mass is 16.1. The van der Waals surface area contributed by atoms with Crippen molar-refractivity contribution in [2.75, 3.05) is 17.6 Å². The largest absolute Gasteiger partial charge is 0.397 e. The molecule has 18 heavy (non-hydrogen) atoms. The number of hydrogen-bond donors (Lipinski definition) is 4. The highest BCUT2D eigenvalue weighted by Gasteiger charge is 2.04. The van der Waals surface area contributed by atoms with E-state index in [0.29, 0.717) is 17.8 Å². The van der Waals surface area contributed by atoms with Crippen LogP contribution in [0.1, 0.15) is 16.2 Å². The van der Waals surface area contributed by atoms with E-state index in [1.165, 1.54) is 0 Å². The Labute approximate surface area is 104 Å². The number of benzene rings is 1. The van der Waals surface area contributed by atoms with E-state index in [1.807, 2.05) is 0 Å². The number of hydrogen-bond acceptors (Lipinski definition) is 4. The number of nitrogen functional groups attached to an aromatic ring is 1. The van der Waals surface area contributed by atoms with Gasteiger partial charge < -0.3 is 21.8 Å². The van der Waals surface area contributed by atoms with Gasteiger partial charge in [0.05, 0.1) is 11.4 Å². The minimum atomic E-state index is -0.483. The molecule has 0 saturated heterocycles. The quantitative estimate of drug-likeness (QED) is 0.582. The van der Waals surface area contributed by atoms with Gasteiger partial charge >= 0.3 is 0 Å². The molecule has 1 aromatic carbocycles. The molecule has 0 aliphatic carbocycles. The number of carbonyl (C=O) groups excluding carboxylic acids is 1. The number of nitrogens with one attached hydrogen (secondary N) is 2. The maximum atomic E-state index is 11.0. The Kier molecular flexibility index (Phi) is 3.47. The van der Waals surface area contributed by atoms with Gasteiger partial charge in [-0.25, -0.2) is 4.98 Å². The van der Waals surface area contributed by atoms with E-state index in [9.17, 15) is 4.79 Å². The number of carbonyl (C=O) groups is 1. The van der Waals surface area contributed by atoms with Gasteiger partial charge in [-0.1, -0.05) is 0 Å². The maximum absolute atomic E-state index is 11.0. The van der Waals surface area contributed by atoms with E-state index < -0.39 is 5.91 Å². The van der Waals surface area contributed by atoms with Crippen molar-refractivity contribution >= 4 is 17.3 Å². The average Bonchev–Trinajstić information content (AvgIpc) is 2.84. The summed E-state index contributed by atoms with van der Waals surface area (Å²) in [6, 6.07) is 4.96. The van der Waals surface area contributed by atoms with Crippen molar-refractivity contribution in [1.29, 1.82) is 0 Å². The molecule has 2 rings (SSSR count). The number of H-pyrrole nitrogens is 1. The van der Waals surface area contributed by atoms with E-state index in [2.05, 4.69) is 15.3 Å². The molecule has 6 nitrogen and oxygen atoms in total. The Hall–Kier alpha value is -2.50. The smallest absolute Gasteiger partial charge is 0.248 e. The lowest BCUT2D eigenvalue weighted by atomic mass is 10.1. The van der Waals surface area contributed by atoms with Crippen molar-refractivity contribution in [3.8, 4) is 0 Å². The molecule has 0 saturated carbocycles. The summed E-state index contributed by atoms with van der Waals surface area (Å²) in [4.78, 5) is 18.1. The van der Waals surface area contributed by atoms with Gasteiger partial charge in [0.25, 0.3) is 0 Å². The number of primary amides is 1. The molecule has 0 fully saturated rings. The second-order valence-corrected chi connectivity index (χ2v) is 3.88. The Morgan fingerprint density at radius 1 is 1.44 bits per heavy atom. The lowest BCUT2D eigenvalue weighted by molar-refractivity contribution is 0.100. The van der Waals surface area contributed by atoms with Crippen molar-refractivity contribution in [3.05, 3.63) is 42.0 Å². The number of aromatic amines is 1. The van der Waals surface area contributed by atoms with E-state index >= 15 is 0 Å². The fourth-order valence-electron chi connectivity index (χ4n) is 1.63. The normalized spacial score (nSPS) is 10.2. The number of amides is 1. The van der Waals surface area contributed by atoms with Crippen LogP contribution in [0.3, 0.4) is 0 Å². The first-order chi connectivity index (χ1) is 8.66. The summed E-state index contributed by atoms with van der Waals surface area (Å²) < 4.78 is 0. The van der Waals surface area contributed by atoms with Crippen LogP contribution < -0.4 is 16.8 Å². The second kappa shape index (κ2) is 5.22. The zero-order chi connectivity index (χ0) is 13.0. The number of nitrogens with zero attached hydrogens (tertiary/aromatic N) is 1. The number of imidazole rings is 1. The SMILES string of the molecule is NC(=O)c1ccc(NCCc2ncc[nH]2)c(N)c1. The van der Waals surface area contributed by atoms with E-state index in [0.717, 1.165) is 17.9 Å². The molecule has 0 bridgehead atoms. The first kappa shape index (κ1) is 12.0. The monoisotopic (exact) mass is 245 g/mol. The summed E-state index contributed by atoms with van der Waals surface area (Å²) in [5, 5.41) is 3.18. The van der Waals surface area contributed by atoms with Gasteiger partial charge in [0, 0.05) is 30.9 Å². The van der Waals surface area contributed by atoms with Gasteiger partial charge in [-0.05, 0) is 18.2 Å². The van der Waals surface area contributed by atoms with E-state index in [-0.39, 0.29) is 0 Å². The molecule has 2 aromatic rings. The lowest BCUT2D eigenvalue weighted by Gasteiger charge is -2.09. The van der Waals surface area contributed by atoms with Crippen LogP contribution in [0.25, 0.3) is 0 Å². The van der Waals surface area contributed by atoms with Gasteiger partial charge in [0.1, 0.15) is 5.82 Å². The van der Waals surface area contributed by atoms with Crippen LogP contribution in [0.5, 0.6) is 0 Å². The summed E-state index contributed by atoms with van der Waals surface area (Å²) in [7, 11) is 0. The molecular weight excluding hydrogens is 230 g/mol. The topological polar surface area (TPSA) is 110 Å². The van der Waals surface area contributed by atoms with Crippen molar-refractivity contribution in [2.24, 2.45) is 5.73 Å². The molecule has 1 heterocycles. The van der Waals surface area contributed by atoms with Gasteiger partial charge in [-0.3, -0.25) is 4.79 Å². The Bertz CT molecular complexity index is 535. The third kappa shape index (κ3) is 2.79. The predicted octanol–water partition coefficient (Wildman–Crippen LogP) is 0.745. The van der Waals surface area contributed by atoms with Crippen LogP contribution in [0, 0.1) is 0 Å². The molecular formula is C12H15N5O. The summed E-state index contributed by atoms with van der Waals surface area (Å²) in [6.07, 6.45) is 4.26. The first-order valence-corrected chi connectivity index (χ1v) is 5.58. The van der Waals surface area contributed by atoms with Gasteiger partial charge in [-0.15, -0.1) is 0 Å². The average molecular weight is 245 g/mol. The van der Waals surface area contributed by atoms with Crippen molar-refractivity contribution in [3.63, 3.8) is 0 Å². The standard InChI is InChI=1S/C12H15N5O/c13-9-7-8(12(14)18)1-2-10(9)15-4-3-11-16-5-6-17-11/h1-2,5-7,15H,3-4,13H2,(H2,14,18)(H,16,17). The second-order valence-electron chi connectivity index (χ2n) is 3.88. The lowest BCUT2D eigenvalue weighted by Crippen LogP contribution is -2.12. The van der Waals surface area contributed by atoms with Gasteiger partial charge in [0.2, 0.25) is 5.91 Å². The molecule has 0 atom stereocenters. The van der Waals surface area contributed by atoms with Crippen LogP contribution in [0.15, 0.2) is 30.6 Å². The summed E-state index contributed by atoms with van der Waals surface area (Å²) >= 11 is 0. The minimum absolute atomic E-state index is 0.407. The molecule has 0 aliphatic heterocycles. The van der Waals surface area contributed by atoms with Gasteiger partial charge in [0.15, 0.2) is 0 Å². The highest BCUT2D eigenvalue weighted by Crippen LogP contribution is 2.19. The molecule has 1 amide bonds. The molecule has 0 unspecified atom stereocenters. The zero-order valence-corrected chi connectivity index (χ0v) is 9.81. The van der Waals surface area contributed by atoms with Crippen molar-refractivity contribution in [1.82, 2.24) is 9.97 Å². The molecule has 6 N–H and O–H groups in total. The number of nitrogens with two attached hydrogens (primary N) is 2. The first-order valence-electron chi connectivity index (χ1n) is 5.58. The molecule has 0 aliphatic rings. The third-order valence-corrected chi connectivity index (χ3v) is 2.57. The van der Waals surface area contributed by atoms with Crippen LogP contribution in [-0.4, -0.2) is 22.4 Å². The van der Waals surface area contributed by atoms with Gasteiger partial charge in [-0.2, -0.15) is 0 Å². The van der Waals surface area contributed by atoms with Crippen molar-refractivity contribution < 1.29 is 4.79 Å². The summed E-state index contributed by atoms with van der Waals surface area (Å²) in [5.74, 6) is 0.429. The molecule has 0 radical (unpaired) electrons. The number of aromatic nitrogens is 2. The van der Waals surface area contributed by atoms with E-state index in [4.69, 9.17) is 11.5 Å². The molecule has 6 heteroatoms. The predicted molar refractivity (Wildman–Crippen MR) is 70.2 cm³/mol. The maximum Gasteiger partial charge on any atom is 0.248 e. The molecule has 1 aromatic heterocycles. The fourth-order valence-corrected chi connectivity index (χ4v) is 1.63. The molecule has 94 valence electrons.